The van der Waals surface area contributed by atoms with Gasteiger partial charge in [0.05, 0.1) is 24.0 Å². The number of carbonyl (C=O) groups excluding carboxylic acids is 2. The van der Waals surface area contributed by atoms with Crippen LogP contribution in [-0.4, -0.2) is 64.6 Å². The summed E-state index contributed by atoms with van der Waals surface area (Å²) in [6.45, 7) is 1.72. The Bertz CT molecular complexity index is 452. The van der Waals surface area contributed by atoms with E-state index in [9.17, 15) is 9.59 Å². The molecular weight excluding hydrogens is 288 g/mol. The number of hydrogen-bond acceptors (Lipinski definition) is 4. The van der Waals surface area contributed by atoms with E-state index in [0.29, 0.717) is 5.88 Å². The van der Waals surface area contributed by atoms with Crippen LogP contribution in [0.1, 0.15) is 32.1 Å². The fraction of sp³-hybridized carbons (Fsp3) is 0.867. The second kappa shape index (κ2) is 5.47. The molecule has 4 saturated heterocycles. The number of nitrogens with zero attached hydrogens (tertiary/aromatic N) is 2. The normalized spacial score (nSPS) is 38.5. The third-order valence-corrected chi connectivity index (χ3v) is 6.30. The molecule has 0 aromatic rings. The Labute approximate surface area is 129 Å². The summed E-state index contributed by atoms with van der Waals surface area (Å²) in [5.74, 6) is 1.73. The number of thioether (sulfide) groups is 1. The molecule has 0 N–H and O–H groups in total. The Morgan fingerprint density at radius 1 is 1.10 bits per heavy atom. The van der Waals surface area contributed by atoms with Crippen LogP contribution < -0.4 is 0 Å². The zero-order valence-corrected chi connectivity index (χ0v) is 13.0. The number of likely N-dealkylation sites (tertiary alicyclic amines) is 1. The van der Waals surface area contributed by atoms with Gasteiger partial charge in [0.25, 0.3) is 0 Å². The topological polar surface area (TPSA) is 49.9 Å². The van der Waals surface area contributed by atoms with Crippen molar-refractivity contribution in [1.82, 2.24) is 9.80 Å². The zero-order chi connectivity index (χ0) is 14.4. The maximum Gasteiger partial charge on any atom is 0.246 e. The smallest absolute Gasteiger partial charge is 0.246 e. The molecule has 2 amide bonds. The van der Waals surface area contributed by atoms with Crippen molar-refractivity contribution >= 4 is 23.6 Å². The highest BCUT2D eigenvalue weighted by molar-refractivity contribution is 7.99. The van der Waals surface area contributed by atoms with Crippen LogP contribution in [0.3, 0.4) is 0 Å². The van der Waals surface area contributed by atoms with Gasteiger partial charge in [0, 0.05) is 18.8 Å². The van der Waals surface area contributed by atoms with Gasteiger partial charge in [-0.3, -0.25) is 9.59 Å². The number of hydrogen-bond donors (Lipinski definition) is 0. The molecule has 0 aromatic heterocycles. The van der Waals surface area contributed by atoms with Gasteiger partial charge in [-0.25, -0.2) is 0 Å². The number of rotatable bonds is 2. The molecule has 0 spiro atoms. The van der Waals surface area contributed by atoms with Gasteiger partial charge in [-0.15, -0.1) is 11.8 Å². The maximum absolute atomic E-state index is 12.8. The van der Waals surface area contributed by atoms with Crippen LogP contribution in [-0.2, 0) is 14.3 Å². The lowest BCUT2D eigenvalue weighted by atomic mass is 9.88. The van der Waals surface area contributed by atoms with E-state index in [4.69, 9.17) is 4.74 Å². The monoisotopic (exact) mass is 310 g/mol. The average molecular weight is 310 g/mol. The minimum absolute atomic E-state index is 0.00340. The zero-order valence-electron chi connectivity index (χ0n) is 12.2. The van der Waals surface area contributed by atoms with Gasteiger partial charge in [0.15, 0.2) is 0 Å². The Kier molecular flexibility index (Phi) is 3.61. The fourth-order valence-corrected chi connectivity index (χ4v) is 5.28. The van der Waals surface area contributed by atoms with Crippen molar-refractivity contribution in [2.24, 2.45) is 5.92 Å². The molecule has 116 valence electrons. The van der Waals surface area contributed by atoms with Crippen molar-refractivity contribution in [2.75, 3.05) is 24.7 Å². The minimum Gasteiger partial charge on any atom is -0.374 e. The molecular formula is C15H22N2O3S. The molecule has 4 aliphatic rings. The molecule has 4 rings (SSSR count). The molecule has 0 unspecified atom stereocenters. The molecule has 4 atom stereocenters. The Morgan fingerprint density at radius 2 is 1.90 bits per heavy atom. The van der Waals surface area contributed by atoms with Crippen LogP contribution in [0.25, 0.3) is 0 Å². The van der Waals surface area contributed by atoms with Crippen LogP contribution >= 0.6 is 11.8 Å². The lowest BCUT2D eigenvalue weighted by molar-refractivity contribution is -0.146. The van der Waals surface area contributed by atoms with E-state index < -0.39 is 0 Å². The summed E-state index contributed by atoms with van der Waals surface area (Å²) in [5.41, 5.74) is 0. The molecule has 4 heterocycles. The van der Waals surface area contributed by atoms with Crippen LogP contribution in [0.5, 0.6) is 0 Å². The van der Waals surface area contributed by atoms with Crippen molar-refractivity contribution in [2.45, 2.75) is 50.4 Å². The first kappa shape index (κ1) is 13.9. The van der Waals surface area contributed by atoms with Gasteiger partial charge in [-0.1, -0.05) is 0 Å². The third-order valence-electron chi connectivity index (χ3n) is 5.29. The minimum atomic E-state index is -0.236. The maximum atomic E-state index is 12.8. The van der Waals surface area contributed by atoms with Gasteiger partial charge in [0.2, 0.25) is 11.8 Å². The molecule has 6 heteroatoms. The Balaban J connectivity index is 1.45. The lowest BCUT2D eigenvalue weighted by Crippen LogP contribution is -2.50. The molecule has 0 aromatic carbocycles. The van der Waals surface area contributed by atoms with E-state index in [1.807, 2.05) is 9.80 Å². The SMILES string of the molecule is O=C([C@H]1CSCN1C(=O)[C@H]1C[C@H]2CC[C@H]1O2)N1CCCC1. The van der Waals surface area contributed by atoms with E-state index in [-0.39, 0.29) is 36.0 Å². The van der Waals surface area contributed by atoms with Gasteiger partial charge in [-0.05, 0) is 32.1 Å². The van der Waals surface area contributed by atoms with Crippen molar-refractivity contribution in [3.05, 3.63) is 0 Å². The summed E-state index contributed by atoms with van der Waals surface area (Å²) in [4.78, 5) is 29.2. The van der Waals surface area contributed by atoms with Crippen LogP contribution in [0.15, 0.2) is 0 Å². The quantitative estimate of drug-likeness (QED) is 0.766. The lowest BCUT2D eigenvalue weighted by Gasteiger charge is -2.30. The van der Waals surface area contributed by atoms with Gasteiger partial charge in [0.1, 0.15) is 6.04 Å². The predicted octanol–water partition coefficient (Wildman–Crippen LogP) is 1.08. The van der Waals surface area contributed by atoms with E-state index >= 15 is 0 Å². The van der Waals surface area contributed by atoms with Crippen molar-refractivity contribution < 1.29 is 14.3 Å². The molecule has 21 heavy (non-hydrogen) atoms. The molecule has 0 saturated carbocycles. The predicted molar refractivity (Wildman–Crippen MR) is 79.8 cm³/mol. The van der Waals surface area contributed by atoms with Crippen molar-refractivity contribution in [1.29, 1.82) is 0 Å². The Hall–Kier alpha value is -0.750. The summed E-state index contributed by atoms with van der Waals surface area (Å²) >= 11 is 1.70. The first-order valence-electron chi connectivity index (χ1n) is 8.06. The molecule has 0 radical (unpaired) electrons. The highest BCUT2D eigenvalue weighted by atomic mass is 32.2. The second-order valence-corrected chi connectivity index (χ2v) is 7.57. The highest BCUT2D eigenvalue weighted by Crippen LogP contribution is 2.40. The highest BCUT2D eigenvalue weighted by Gasteiger charge is 2.48. The molecule has 0 aliphatic carbocycles. The second-order valence-electron chi connectivity index (χ2n) is 6.57. The van der Waals surface area contributed by atoms with Crippen LogP contribution in [0.4, 0.5) is 0 Å². The number of carbonyl (C=O) groups is 2. The molecule has 4 aliphatic heterocycles. The summed E-state index contributed by atoms with van der Waals surface area (Å²) in [5, 5.41) is 0. The summed E-state index contributed by atoms with van der Waals surface area (Å²) < 4.78 is 5.81. The van der Waals surface area contributed by atoms with E-state index in [0.717, 1.165) is 50.9 Å². The average Bonchev–Trinajstić information content (AvgIpc) is 3.29. The first-order chi connectivity index (χ1) is 10.2. The summed E-state index contributed by atoms with van der Waals surface area (Å²) in [6.07, 6.45) is 5.55. The molecule has 2 bridgehead atoms. The summed E-state index contributed by atoms with van der Waals surface area (Å²) in [6, 6.07) is -0.236. The third kappa shape index (κ3) is 2.36. The first-order valence-corrected chi connectivity index (χ1v) is 9.22. The van der Waals surface area contributed by atoms with Gasteiger partial charge < -0.3 is 14.5 Å². The number of amides is 2. The van der Waals surface area contributed by atoms with Crippen molar-refractivity contribution in [3.8, 4) is 0 Å². The molecule has 4 fully saturated rings. The van der Waals surface area contributed by atoms with Crippen molar-refractivity contribution in [3.63, 3.8) is 0 Å². The van der Waals surface area contributed by atoms with Crippen LogP contribution in [0, 0.1) is 5.92 Å². The van der Waals surface area contributed by atoms with E-state index in [1.165, 1.54) is 0 Å². The summed E-state index contributed by atoms with van der Waals surface area (Å²) in [7, 11) is 0. The van der Waals surface area contributed by atoms with Gasteiger partial charge in [-0.2, -0.15) is 0 Å². The standard InChI is InChI=1S/C15H22N2O3S/c18-14(11-7-10-3-4-13(11)20-10)17-9-21-8-12(17)15(19)16-5-1-2-6-16/h10-13H,1-9H2/t10-,11+,12-,13-/m1/s1. The Morgan fingerprint density at radius 3 is 2.57 bits per heavy atom. The van der Waals surface area contributed by atoms with E-state index in [2.05, 4.69) is 0 Å². The largest absolute Gasteiger partial charge is 0.374 e. The number of ether oxygens (including phenoxy) is 1. The molecule has 5 nitrogen and oxygen atoms in total. The number of fused-ring (bicyclic) bond motifs is 2. The van der Waals surface area contributed by atoms with E-state index in [1.54, 1.807) is 11.8 Å². The van der Waals surface area contributed by atoms with Gasteiger partial charge >= 0.3 is 0 Å². The fourth-order valence-electron chi connectivity index (χ4n) is 4.12. The van der Waals surface area contributed by atoms with Crippen LogP contribution in [0.2, 0.25) is 0 Å².